The molecule has 0 saturated heterocycles. The van der Waals surface area contributed by atoms with Gasteiger partial charge in [-0.25, -0.2) is 0 Å². The van der Waals surface area contributed by atoms with Crippen molar-refractivity contribution in [3.8, 4) is 0 Å². The first-order valence-corrected chi connectivity index (χ1v) is 5.75. The number of hydrogen-bond donors (Lipinski definition) is 0. The van der Waals surface area contributed by atoms with Crippen LogP contribution in [0, 0.1) is 0 Å². The number of rotatable bonds is 3. The smallest absolute Gasteiger partial charge is 0.416 e. The zero-order valence-corrected chi connectivity index (χ0v) is 10.5. The van der Waals surface area contributed by atoms with Crippen molar-refractivity contribution in [1.29, 1.82) is 0 Å². The zero-order valence-electron chi connectivity index (χ0n) is 8.92. The minimum atomic E-state index is -4.37. The summed E-state index contributed by atoms with van der Waals surface area (Å²) in [4.78, 5) is 10.6. The first kappa shape index (κ1) is 14.0. The van der Waals surface area contributed by atoms with Gasteiger partial charge in [-0.2, -0.15) is 13.2 Å². The lowest BCUT2D eigenvalue weighted by Crippen LogP contribution is -2.11. The Balaban J connectivity index is 2.84. The van der Waals surface area contributed by atoms with Crippen LogP contribution in [-0.2, 0) is 15.7 Å². The van der Waals surface area contributed by atoms with Gasteiger partial charge < -0.3 is 4.74 Å². The van der Waals surface area contributed by atoms with Crippen LogP contribution in [0.15, 0.2) is 24.3 Å². The number of carbonyl (C=O) groups is 1. The molecule has 0 aliphatic rings. The summed E-state index contributed by atoms with van der Waals surface area (Å²) in [5.41, 5.74) is -0.318. The van der Waals surface area contributed by atoms with Crippen LogP contribution in [0.5, 0.6) is 0 Å². The van der Waals surface area contributed by atoms with E-state index in [1.807, 2.05) is 0 Å². The number of halogens is 4. The molecule has 0 aliphatic heterocycles. The fourth-order valence-corrected chi connectivity index (χ4v) is 1.63. The summed E-state index contributed by atoms with van der Waals surface area (Å²) in [7, 11) is 0. The topological polar surface area (TPSA) is 26.3 Å². The lowest BCUT2D eigenvalue weighted by molar-refractivity contribution is -0.142. The Morgan fingerprint density at radius 1 is 1.35 bits per heavy atom. The number of esters is 1. The normalized spacial score (nSPS) is 13.2. The molecule has 94 valence electrons. The van der Waals surface area contributed by atoms with Crippen LogP contribution in [0.25, 0.3) is 0 Å². The Hall–Kier alpha value is -1.04. The second-order valence-electron chi connectivity index (χ2n) is 3.23. The predicted octanol–water partition coefficient (Wildman–Crippen LogP) is 3.70. The second kappa shape index (κ2) is 5.53. The van der Waals surface area contributed by atoms with Gasteiger partial charge in [-0.05, 0) is 24.6 Å². The summed E-state index contributed by atoms with van der Waals surface area (Å²) in [6.45, 7) is 1.88. The Labute approximate surface area is 105 Å². The number of benzene rings is 1. The highest BCUT2D eigenvalue weighted by Gasteiger charge is 2.30. The third-order valence-electron chi connectivity index (χ3n) is 2.02. The maximum Gasteiger partial charge on any atom is 0.416 e. The summed E-state index contributed by atoms with van der Waals surface area (Å²) in [6.07, 6.45) is -4.37. The quantitative estimate of drug-likeness (QED) is 0.628. The van der Waals surface area contributed by atoms with Gasteiger partial charge in [0.25, 0.3) is 0 Å². The monoisotopic (exact) mass is 310 g/mol. The molecule has 0 saturated carbocycles. The van der Waals surface area contributed by atoms with Gasteiger partial charge in [-0.15, -0.1) is 0 Å². The maximum atomic E-state index is 12.3. The van der Waals surface area contributed by atoms with Crippen molar-refractivity contribution in [1.82, 2.24) is 0 Å². The molecule has 1 atom stereocenters. The molecule has 2 nitrogen and oxygen atoms in total. The van der Waals surface area contributed by atoms with Gasteiger partial charge in [0.15, 0.2) is 0 Å². The van der Waals surface area contributed by atoms with Crippen LogP contribution in [0.2, 0.25) is 0 Å². The summed E-state index contributed by atoms with van der Waals surface area (Å²) in [5, 5.41) is 0. The molecular weight excluding hydrogens is 301 g/mol. The summed E-state index contributed by atoms with van der Waals surface area (Å²) >= 11 is 3.07. The predicted molar refractivity (Wildman–Crippen MR) is 59.7 cm³/mol. The Kier molecular flexibility index (Phi) is 4.56. The van der Waals surface area contributed by atoms with Gasteiger partial charge >= 0.3 is 12.1 Å². The number of ether oxygens (including phenoxy) is 1. The van der Waals surface area contributed by atoms with E-state index in [0.29, 0.717) is 5.56 Å². The largest absolute Gasteiger partial charge is 0.465 e. The van der Waals surface area contributed by atoms with Crippen molar-refractivity contribution in [2.45, 2.75) is 17.9 Å². The average Bonchev–Trinajstić information content (AvgIpc) is 2.27. The highest BCUT2D eigenvalue weighted by Crippen LogP contribution is 2.31. The van der Waals surface area contributed by atoms with Crippen LogP contribution in [0.1, 0.15) is 22.9 Å². The number of carbonyl (C=O) groups excluding carboxylic acids is 1. The zero-order chi connectivity index (χ0) is 13.1. The van der Waals surface area contributed by atoms with E-state index in [1.54, 1.807) is 6.92 Å². The van der Waals surface area contributed by atoms with Crippen molar-refractivity contribution < 1.29 is 22.7 Å². The van der Waals surface area contributed by atoms with Gasteiger partial charge in [0.05, 0.1) is 12.2 Å². The van der Waals surface area contributed by atoms with Crippen molar-refractivity contribution >= 4 is 21.9 Å². The SMILES string of the molecule is CCOC(=O)C(Br)c1ccc(C(F)(F)F)cc1. The van der Waals surface area contributed by atoms with E-state index in [4.69, 9.17) is 4.74 Å². The second-order valence-corrected chi connectivity index (χ2v) is 4.15. The first-order valence-electron chi connectivity index (χ1n) is 4.84. The summed E-state index contributed by atoms with van der Waals surface area (Å²) in [5.74, 6) is -0.521. The van der Waals surface area contributed by atoms with Crippen LogP contribution in [-0.4, -0.2) is 12.6 Å². The van der Waals surface area contributed by atoms with E-state index in [2.05, 4.69) is 15.9 Å². The van der Waals surface area contributed by atoms with Crippen LogP contribution in [0.4, 0.5) is 13.2 Å². The van der Waals surface area contributed by atoms with Crippen molar-refractivity contribution in [2.24, 2.45) is 0 Å². The molecule has 0 radical (unpaired) electrons. The van der Waals surface area contributed by atoms with E-state index < -0.39 is 22.5 Å². The van der Waals surface area contributed by atoms with E-state index in [1.165, 1.54) is 12.1 Å². The Bertz CT molecular complexity index is 387. The molecule has 0 aliphatic carbocycles. The molecule has 0 amide bonds. The van der Waals surface area contributed by atoms with E-state index in [0.717, 1.165) is 12.1 Å². The van der Waals surface area contributed by atoms with Gasteiger partial charge in [0.2, 0.25) is 0 Å². The van der Waals surface area contributed by atoms with Crippen LogP contribution < -0.4 is 0 Å². The molecule has 1 aromatic carbocycles. The van der Waals surface area contributed by atoms with E-state index in [9.17, 15) is 18.0 Å². The minimum absolute atomic E-state index is 0.224. The molecule has 6 heteroatoms. The summed E-state index contributed by atoms with van der Waals surface area (Å²) < 4.78 is 41.6. The molecule has 1 unspecified atom stereocenters. The number of alkyl halides is 4. The highest BCUT2D eigenvalue weighted by atomic mass is 79.9. The molecule has 0 fully saturated rings. The molecule has 17 heavy (non-hydrogen) atoms. The summed E-state index contributed by atoms with van der Waals surface area (Å²) in [6, 6.07) is 4.37. The molecule has 0 aromatic heterocycles. The van der Waals surface area contributed by atoms with Crippen LogP contribution in [0.3, 0.4) is 0 Å². The van der Waals surface area contributed by atoms with Crippen LogP contribution >= 0.6 is 15.9 Å². The molecule has 0 spiro atoms. The third kappa shape index (κ3) is 3.73. The first-order chi connectivity index (χ1) is 7.86. The van der Waals surface area contributed by atoms with E-state index >= 15 is 0 Å². The molecule has 0 bridgehead atoms. The van der Waals surface area contributed by atoms with Gasteiger partial charge in [0.1, 0.15) is 4.83 Å². The minimum Gasteiger partial charge on any atom is -0.465 e. The van der Waals surface area contributed by atoms with Crippen molar-refractivity contribution in [3.05, 3.63) is 35.4 Å². The molecular formula is C11H10BrF3O2. The molecule has 0 heterocycles. The number of hydrogen-bond acceptors (Lipinski definition) is 2. The standard InChI is InChI=1S/C11H10BrF3O2/c1-2-17-10(16)9(12)7-3-5-8(6-4-7)11(13,14)15/h3-6,9H,2H2,1H3. The highest BCUT2D eigenvalue weighted by molar-refractivity contribution is 9.09. The van der Waals surface area contributed by atoms with E-state index in [-0.39, 0.29) is 6.61 Å². The van der Waals surface area contributed by atoms with Crippen molar-refractivity contribution in [3.63, 3.8) is 0 Å². The molecule has 1 rings (SSSR count). The third-order valence-corrected chi connectivity index (χ3v) is 2.93. The Morgan fingerprint density at radius 3 is 2.29 bits per heavy atom. The lowest BCUT2D eigenvalue weighted by atomic mass is 10.1. The fourth-order valence-electron chi connectivity index (χ4n) is 1.19. The Morgan fingerprint density at radius 2 is 1.88 bits per heavy atom. The van der Waals surface area contributed by atoms with Crippen molar-refractivity contribution in [2.75, 3.05) is 6.61 Å². The average molecular weight is 311 g/mol. The molecule has 1 aromatic rings. The maximum absolute atomic E-state index is 12.3. The molecule has 0 N–H and O–H groups in total. The van der Waals surface area contributed by atoms with Gasteiger partial charge in [-0.1, -0.05) is 28.1 Å². The van der Waals surface area contributed by atoms with Gasteiger partial charge in [-0.3, -0.25) is 4.79 Å². The fraction of sp³-hybridized carbons (Fsp3) is 0.364. The van der Waals surface area contributed by atoms with Gasteiger partial charge in [0, 0.05) is 0 Å². The lowest BCUT2D eigenvalue weighted by Gasteiger charge is -2.11.